The standard InChI is InChI=1S/C11H18N2O/c1-3-4-5-6-7-8-11(2,9-12)13-10-14/h3-8H2,1-2H3. The van der Waals surface area contributed by atoms with E-state index in [-0.39, 0.29) is 0 Å². The molecule has 0 amide bonds. The topological polar surface area (TPSA) is 53.2 Å². The van der Waals surface area contributed by atoms with Crippen molar-refractivity contribution >= 4 is 6.08 Å². The van der Waals surface area contributed by atoms with Gasteiger partial charge in [-0.3, -0.25) is 0 Å². The summed E-state index contributed by atoms with van der Waals surface area (Å²) in [5, 5.41) is 8.80. The van der Waals surface area contributed by atoms with Gasteiger partial charge in [-0.15, -0.1) is 0 Å². The molecule has 0 bridgehead atoms. The highest BCUT2D eigenvalue weighted by Crippen LogP contribution is 2.18. The van der Waals surface area contributed by atoms with Crippen LogP contribution in [-0.4, -0.2) is 11.6 Å². The third-order valence-corrected chi connectivity index (χ3v) is 2.30. The number of unbranched alkanes of at least 4 members (excludes halogenated alkanes) is 4. The molecule has 0 aromatic heterocycles. The summed E-state index contributed by atoms with van der Waals surface area (Å²) in [4.78, 5) is 13.6. The summed E-state index contributed by atoms with van der Waals surface area (Å²) < 4.78 is 0. The predicted molar refractivity (Wildman–Crippen MR) is 55.5 cm³/mol. The molecule has 0 aromatic rings. The van der Waals surface area contributed by atoms with E-state index < -0.39 is 5.54 Å². The molecule has 1 atom stereocenters. The highest BCUT2D eigenvalue weighted by Gasteiger charge is 2.21. The second kappa shape index (κ2) is 7.29. The smallest absolute Gasteiger partial charge is 0.211 e. The second-order valence-electron chi connectivity index (χ2n) is 3.75. The zero-order valence-corrected chi connectivity index (χ0v) is 9.05. The average Bonchev–Trinajstić information content (AvgIpc) is 2.18. The molecule has 3 nitrogen and oxygen atoms in total. The fraction of sp³-hybridized carbons (Fsp3) is 0.818. The molecule has 0 N–H and O–H groups in total. The number of isocyanates is 1. The molecule has 0 rings (SSSR count). The van der Waals surface area contributed by atoms with Gasteiger partial charge in [0.25, 0.3) is 0 Å². The number of nitriles is 1. The van der Waals surface area contributed by atoms with Crippen LogP contribution >= 0.6 is 0 Å². The summed E-state index contributed by atoms with van der Waals surface area (Å²) in [5.74, 6) is 0. The Kier molecular flexibility index (Phi) is 6.70. The van der Waals surface area contributed by atoms with Gasteiger partial charge in [0.15, 0.2) is 5.54 Å². The Labute approximate surface area is 85.8 Å². The highest BCUT2D eigenvalue weighted by molar-refractivity contribution is 5.36. The predicted octanol–water partition coefficient (Wildman–Crippen LogP) is 2.96. The maximum absolute atomic E-state index is 10.1. The summed E-state index contributed by atoms with van der Waals surface area (Å²) in [5.41, 5.74) is -0.853. The first-order valence-corrected chi connectivity index (χ1v) is 5.19. The first-order chi connectivity index (χ1) is 6.68. The number of aliphatic imine (C=N–C) groups is 1. The van der Waals surface area contributed by atoms with Crippen molar-refractivity contribution in [3.05, 3.63) is 0 Å². The van der Waals surface area contributed by atoms with Crippen molar-refractivity contribution < 1.29 is 4.79 Å². The van der Waals surface area contributed by atoms with Crippen LogP contribution < -0.4 is 0 Å². The number of hydrogen-bond acceptors (Lipinski definition) is 3. The van der Waals surface area contributed by atoms with Crippen LogP contribution in [0.1, 0.15) is 52.4 Å². The number of nitrogens with zero attached hydrogens (tertiary/aromatic N) is 2. The van der Waals surface area contributed by atoms with Gasteiger partial charge in [-0.2, -0.15) is 10.3 Å². The van der Waals surface area contributed by atoms with Crippen LogP contribution in [0.25, 0.3) is 0 Å². The lowest BCUT2D eigenvalue weighted by Crippen LogP contribution is -2.18. The van der Waals surface area contributed by atoms with Crippen molar-refractivity contribution in [2.75, 3.05) is 0 Å². The number of rotatable bonds is 7. The molecular weight excluding hydrogens is 176 g/mol. The van der Waals surface area contributed by atoms with Crippen molar-refractivity contribution in [3.8, 4) is 6.07 Å². The largest absolute Gasteiger partial charge is 0.236 e. The van der Waals surface area contributed by atoms with Crippen molar-refractivity contribution in [2.24, 2.45) is 4.99 Å². The molecule has 0 fully saturated rings. The van der Waals surface area contributed by atoms with E-state index in [1.807, 2.05) is 6.07 Å². The average molecular weight is 194 g/mol. The molecular formula is C11H18N2O. The van der Waals surface area contributed by atoms with Gasteiger partial charge in [-0.25, -0.2) is 4.79 Å². The van der Waals surface area contributed by atoms with Crippen LogP contribution in [0.4, 0.5) is 0 Å². The Morgan fingerprint density at radius 2 is 1.93 bits per heavy atom. The lowest BCUT2D eigenvalue weighted by atomic mass is 9.96. The van der Waals surface area contributed by atoms with Crippen molar-refractivity contribution in [3.63, 3.8) is 0 Å². The first-order valence-electron chi connectivity index (χ1n) is 5.19. The SMILES string of the molecule is CCCCCCCC(C)(C#N)N=C=O. The lowest BCUT2D eigenvalue weighted by molar-refractivity contribution is 0.487. The van der Waals surface area contributed by atoms with E-state index in [1.165, 1.54) is 25.3 Å². The summed E-state index contributed by atoms with van der Waals surface area (Å²) in [7, 11) is 0. The minimum absolute atomic E-state index is 0.655. The monoisotopic (exact) mass is 194 g/mol. The Morgan fingerprint density at radius 1 is 1.29 bits per heavy atom. The maximum Gasteiger partial charge on any atom is 0.236 e. The van der Waals surface area contributed by atoms with Gasteiger partial charge in [0, 0.05) is 0 Å². The number of carbonyl (C=O) groups excluding carboxylic acids is 1. The van der Waals surface area contributed by atoms with Crippen LogP contribution in [-0.2, 0) is 4.79 Å². The van der Waals surface area contributed by atoms with E-state index in [1.54, 1.807) is 6.92 Å². The van der Waals surface area contributed by atoms with Crippen LogP contribution in [0.3, 0.4) is 0 Å². The van der Waals surface area contributed by atoms with Gasteiger partial charge in [0.1, 0.15) is 0 Å². The van der Waals surface area contributed by atoms with E-state index in [0.29, 0.717) is 6.42 Å². The van der Waals surface area contributed by atoms with Crippen LogP contribution in [0.15, 0.2) is 4.99 Å². The summed E-state index contributed by atoms with van der Waals surface area (Å²) in [6.45, 7) is 3.84. The van der Waals surface area contributed by atoms with E-state index in [9.17, 15) is 4.79 Å². The van der Waals surface area contributed by atoms with Crippen molar-refractivity contribution in [1.29, 1.82) is 5.26 Å². The van der Waals surface area contributed by atoms with Crippen LogP contribution in [0.2, 0.25) is 0 Å². The molecule has 0 aliphatic carbocycles. The first kappa shape index (κ1) is 12.9. The lowest BCUT2D eigenvalue weighted by Gasteiger charge is -2.13. The van der Waals surface area contributed by atoms with Crippen molar-refractivity contribution in [2.45, 2.75) is 57.9 Å². The molecule has 0 heterocycles. The zero-order chi connectivity index (χ0) is 10.9. The molecule has 0 saturated carbocycles. The van der Waals surface area contributed by atoms with Crippen LogP contribution in [0.5, 0.6) is 0 Å². The summed E-state index contributed by atoms with van der Waals surface area (Å²) in [6.07, 6.45) is 7.83. The second-order valence-corrected chi connectivity index (χ2v) is 3.75. The number of hydrogen-bond donors (Lipinski definition) is 0. The van der Waals surface area contributed by atoms with Gasteiger partial charge in [-0.1, -0.05) is 32.6 Å². The Morgan fingerprint density at radius 3 is 2.43 bits per heavy atom. The minimum atomic E-state index is -0.853. The molecule has 0 aromatic carbocycles. The quantitative estimate of drug-likeness (QED) is 0.355. The zero-order valence-electron chi connectivity index (χ0n) is 9.05. The summed E-state index contributed by atoms with van der Waals surface area (Å²) >= 11 is 0. The van der Waals surface area contributed by atoms with Gasteiger partial charge in [0.05, 0.1) is 6.07 Å². The Hall–Kier alpha value is -1.13. The molecule has 0 radical (unpaired) electrons. The molecule has 14 heavy (non-hydrogen) atoms. The minimum Gasteiger partial charge on any atom is -0.211 e. The van der Waals surface area contributed by atoms with E-state index in [0.717, 1.165) is 12.8 Å². The molecule has 0 aliphatic heterocycles. The Balaban J connectivity index is 3.75. The molecule has 3 heteroatoms. The Bertz CT molecular complexity index is 238. The highest BCUT2D eigenvalue weighted by atomic mass is 16.1. The molecule has 1 unspecified atom stereocenters. The molecule has 0 saturated heterocycles. The molecule has 78 valence electrons. The van der Waals surface area contributed by atoms with E-state index in [4.69, 9.17) is 5.26 Å². The fourth-order valence-electron chi connectivity index (χ4n) is 1.31. The van der Waals surface area contributed by atoms with Gasteiger partial charge in [-0.05, 0) is 19.8 Å². The van der Waals surface area contributed by atoms with Gasteiger partial charge >= 0.3 is 0 Å². The van der Waals surface area contributed by atoms with E-state index >= 15 is 0 Å². The maximum atomic E-state index is 10.1. The third kappa shape index (κ3) is 5.50. The van der Waals surface area contributed by atoms with Crippen LogP contribution in [0, 0.1) is 11.3 Å². The van der Waals surface area contributed by atoms with Crippen molar-refractivity contribution in [1.82, 2.24) is 0 Å². The fourth-order valence-corrected chi connectivity index (χ4v) is 1.31. The molecule has 0 spiro atoms. The van der Waals surface area contributed by atoms with Gasteiger partial charge in [0.2, 0.25) is 6.08 Å². The third-order valence-electron chi connectivity index (χ3n) is 2.30. The summed E-state index contributed by atoms with van der Waals surface area (Å²) in [6, 6.07) is 2.04. The normalized spacial score (nSPS) is 13.8. The molecule has 0 aliphatic rings. The van der Waals surface area contributed by atoms with Gasteiger partial charge < -0.3 is 0 Å². The van der Waals surface area contributed by atoms with E-state index in [2.05, 4.69) is 11.9 Å².